The minimum absolute atomic E-state index is 0.400. The molecular weight excluding hydrogens is 392 g/mol. The van der Waals surface area contributed by atoms with Crippen molar-refractivity contribution in [2.75, 3.05) is 20.3 Å². The van der Waals surface area contributed by atoms with Gasteiger partial charge >= 0.3 is 6.09 Å². The summed E-state index contributed by atoms with van der Waals surface area (Å²) in [6.07, 6.45) is 3.46. The Morgan fingerprint density at radius 3 is 2.23 bits per heavy atom. The van der Waals surface area contributed by atoms with Crippen LogP contribution in [-0.2, 0) is 10.3 Å². The molecule has 3 rings (SSSR count). The van der Waals surface area contributed by atoms with Crippen LogP contribution in [0.2, 0.25) is 0 Å². The molecule has 1 N–H and O–H groups in total. The van der Waals surface area contributed by atoms with Crippen molar-refractivity contribution in [1.82, 2.24) is 10.3 Å². The zero-order valence-electron chi connectivity index (χ0n) is 18.1. The van der Waals surface area contributed by atoms with Crippen molar-refractivity contribution in [3.8, 4) is 22.6 Å². The SMILES string of the molecule is COCCCOc1ccc(-c2ccc(C(C)(C)NC(=O)Oc3cccnc3)cc2)cc1. The fourth-order valence-electron chi connectivity index (χ4n) is 3.08. The highest BCUT2D eigenvalue weighted by molar-refractivity contribution is 5.71. The summed E-state index contributed by atoms with van der Waals surface area (Å²) in [4.78, 5) is 16.2. The predicted octanol–water partition coefficient (Wildman–Crippen LogP) is 5.19. The molecule has 0 saturated heterocycles. The van der Waals surface area contributed by atoms with Crippen molar-refractivity contribution in [3.05, 3.63) is 78.6 Å². The van der Waals surface area contributed by atoms with Crippen LogP contribution in [0.25, 0.3) is 11.1 Å². The molecule has 0 atom stereocenters. The van der Waals surface area contributed by atoms with Gasteiger partial charge in [-0.1, -0.05) is 36.4 Å². The van der Waals surface area contributed by atoms with Crippen molar-refractivity contribution < 1.29 is 19.0 Å². The van der Waals surface area contributed by atoms with Crippen molar-refractivity contribution in [1.29, 1.82) is 0 Å². The van der Waals surface area contributed by atoms with E-state index in [-0.39, 0.29) is 0 Å². The van der Waals surface area contributed by atoms with Crippen molar-refractivity contribution in [3.63, 3.8) is 0 Å². The largest absolute Gasteiger partial charge is 0.494 e. The average Bonchev–Trinajstić information content (AvgIpc) is 2.77. The first-order valence-electron chi connectivity index (χ1n) is 10.2. The highest BCUT2D eigenvalue weighted by atomic mass is 16.6. The van der Waals surface area contributed by atoms with Crippen LogP contribution >= 0.6 is 0 Å². The summed E-state index contributed by atoms with van der Waals surface area (Å²) in [5, 5.41) is 2.90. The summed E-state index contributed by atoms with van der Waals surface area (Å²) in [7, 11) is 1.69. The van der Waals surface area contributed by atoms with E-state index in [0.717, 1.165) is 28.9 Å². The lowest BCUT2D eigenvalue weighted by molar-refractivity contribution is 0.172. The van der Waals surface area contributed by atoms with E-state index in [0.29, 0.717) is 19.0 Å². The topological polar surface area (TPSA) is 69.7 Å². The van der Waals surface area contributed by atoms with E-state index in [1.807, 2.05) is 62.4 Å². The Hall–Kier alpha value is -3.38. The number of methoxy groups -OCH3 is 1. The normalized spacial score (nSPS) is 11.1. The molecule has 162 valence electrons. The van der Waals surface area contributed by atoms with Gasteiger partial charge in [-0.2, -0.15) is 0 Å². The molecule has 1 aromatic heterocycles. The maximum atomic E-state index is 12.3. The number of ether oxygens (including phenoxy) is 3. The monoisotopic (exact) mass is 420 g/mol. The molecule has 6 nitrogen and oxygen atoms in total. The van der Waals surface area contributed by atoms with Crippen LogP contribution in [-0.4, -0.2) is 31.4 Å². The molecule has 0 spiro atoms. The van der Waals surface area contributed by atoms with Gasteiger partial charge in [-0.3, -0.25) is 4.98 Å². The molecule has 0 aliphatic carbocycles. The average molecular weight is 421 g/mol. The number of pyridine rings is 1. The van der Waals surface area contributed by atoms with Crippen molar-refractivity contribution >= 4 is 6.09 Å². The molecule has 0 radical (unpaired) electrons. The molecular formula is C25H28N2O4. The first-order chi connectivity index (χ1) is 15.0. The number of carbonyl (C=O) groups excluding carboxylic acids is 1. The molecule has 0 aliphatic rings. The number of hydrogen-bond acceptors (Lipinski definition) is 5. The molecule has 1 amide bonds. The number of hydrogen-bond donors (Lipinski definition) is 1. The Labute approximate surface area is 183 Å². The molecule has 0 unspecified atom stereocenters. The lowest BCUT2D eigenvalue weighted by Gasteiger charge is -2.26. The molecule has 3 aromatic rings. The Morgan fingerprint density at radius 2 is 1.61 bits per heavy atom. The van der Waals surface area contributed by atoms with Gasteiger partial charge in [0.05, 0.1) is 18.3 Å². The van der Waals surface area contributed by atoms with Crippen LogP contribution in [0, 0.1) is 0 Å². The van der Waals surface area contributed by atoms with Gasteiger partial charge in [-0.15, -0.1) is 0 Å². The van der Waals surface area contributed by atoms with E-state index < -0.39 is 11.6 Å². The van der Waals surface area contributed by atoms with Gasteiger partial charge in [0, 0.05) is 26.3 Å². The number of nitrogens with zero attached hydrogens (tertiary/aromatic N) is 1. The van der Waals surface area contributed by atoms with Gasteiger partial charge in [0.15, 0.2) is 5.75 Å². The molecule has 31 heavy (non-hydrogen) atoms. The minimum Gasteiger partial charge on any atom is -0.494 e. The quantitative estimate of drug-likeness (QED) is 0.483. The van der Waals surface area contributed by atoms with Gasteiger partial charge in [0.2, 0.25) is 0 Å². The molecule has 0 aliphatic heterocycles. The zero-order chi connectivity index (χ0) is 22.1. The zero-order valence-corrected chi connectivity index (χ0v) is 18.1. The molecule has 2 aromatic carbocycles. The summed E-state index contributed by atoms with van der Waals surface area (Å²) >= 11 is 0. The Morgan fingerprint density at radius 1 is 0.935 bits per heavy atom. The highest BCUT2D eigenvalue weighted by Crippen LogP contribution is 2.26. The van der Waals surface area contributed by atoms with Crippen LogP contribution in [0.3, 0.4) is 0 Å². The standard InChI is InChI=1S/C25H28N2O4/c1-25(2,27-24(28)31-23-6-4-15-26-18-23)21-11-7-19(8-12-21)20-9-13-22(14-10-20)30-17-5-16-29-3/h4,6-15,18H,5,16-17H2,1-3H3,(H,27,28). The van der Waals surface area contributed by atoms with Crippen LogP contribution < -0.4 is 14.8 Å². The first kappa shape index (κ1) is 22.3. The lowest BCUT2D eigenvalue weighted by atomic mass is 9.92. The molecule has 0 bridgehead atoms. The van der Waals surface area contributed by atoms with Gasteiger partial charge in [-0.25, -0.2) is 4.79 Å². The maximum Gasteiger partial charge on any atom is 0.413 e. The Bertz CT molecular complexity index is 955. The van der Waals surface area contributed by atoms with Crippen molar-refractivity contribution in [2.24, 2.45) is 0 Å². The fourth-order valence-corrected chi connectivity index (χ4v) is 3.08. The number of amides is 1. The van der Waals surface area contributed by atoms with Gasteiger partial charge in [0.25, 0.3) is 0 Å². The van der Waals surface area contributed by atoms with E-state index in [1.54, 1.807) is 25.4 Å². The maximum absolute atomic E-state index is 12.3. The smallest absolute Gasteiger partial charge is 0.413 e. The van der Waals surface area contributed by atoms with Gasteiger partial charge in [0.1, 0.15) is 5.75 Å². The molecule has 1 heterocycles. The predicted molar refractivity (Wildman–Crippen MR) is 120 cm³/mol. The Kier molecular flexibility index (Phi) is 7.62. The minimum atomic E-state index is -0.599. The van der Waals surface area contributed by atoms with Crippen LogP contribution in [0.1, 0.15) is 25.8 Å². The molecule has 0 saturated carbocycles. The number of carbonyl (C=O) groups is 1. The van der Waals surface area contributed by atoms with Crippen LogP contribution in [0.15, 0.2) is 73.1 Å². The fraction of sp³-hybridized carbons (Fsp3) is 0.280. The summed E-state index contributed by atoms with van der Waals surface area (Å²) < 4.78 is 16.0. The first-order valence-corrected chi connectivity index (χ1v) is 10.2. The van der Waals surface area contributed by atoms with E-state index in [1.165, 1.54) is 6.20 Å². The lowest BCUT2D eigenvalue weighted by Crippen LogP contribution is -2.42. The summed E-state index contributed by atoms with van der Waals surface area (Å²) in [5.41, 5.74) is 2.55. The van der Waals surface area contributed by atoms with Crippen molar-refractivity contribution in [2.45, 2.75) is 25.8 Å². The van der Waals surface area contributed by atoms with E-state index in [9.17, 15) is 4.79 Å². The second kappa shape index (κ2) is 10.6. The third-order valence-corrected chi connectivity index (χ3v) is 4.82. The molecule has 6 heteroatoms. The highest BCUT2D eigenvalue weighted by Gasteiger charge is 2.24. The molecule has 0 fully saturated rings. The number of nitrogens with one attached hydrogen (secondary N) is 1. The summed E-state index contributed by atoms with van der Waals surface area (Å²) in [6.45, 7) is 5.19. The number of benzene rings is 2. The summed E-state index contributed by atoms with van der Waals surface area (Å²) in [5.74, 6) is 1.24. The third-order valence-electron chi connectivity index (χ3n) is 4.82. The van der Waals surface area contributed by atoms with E-state index >= 15 is 0 Å². The second-order valence-corrected chi connectivity index (χ2v) is 7.62. The Balaban J connectivity index is 1.60. The van der Waals surface area contributed by atoms with Gasteiger partial charge in [-0.05, 0) is 54.8 Å². The summed E-state index contributed by atoms with van der Waals surface area (Å²) in [6, 6.07) is 19.5. The van der Waals surface area contributed by atoms with Crippen LogP contribution in [0.5, 0.6) is 11.5 Å². The van der Waals surface area contributed by atoms with E-state index in [2.05, 4.69) is 10.3 Å². The second-order valence-electron chi connectivity index (χ2n) is 7.62. The van der Waals surface area contributed by atoms with Crippen LogP contribution in [0.4, 0.5) is 4.79 Å². The van der Waals surface area contributed by atoms with E-state index in [4.69, 9.17) is 14.2 Å². The number of rotatable bonds is 9. The number of aromatic nitrogens is 1. The van der Waals surface area contributed by atoms with Gasteiger partial charge < -0.3 is 19.5 Å². The third kappa shape index (κ3) is 6.55.